The van der Waals surface area contributed by atoms with Crippen molar-refractivity contribution in [2.75, 3.05) is 0 Å². The SMILES string of the molecule is CC(C)(C)c1cc(-c2cccc3c2c2c(C(C)(C)C)c(C4c5ccccc5-c5ccccc54)ccc2n3-c2cc(C(C)(C)C)cc(C(C)(C)C)c2)cc(C(C)(C)C)c1. The summed E-state index contributed by atoms with van der Waals surface area (Å²) in [5, 5.41) is 2.71. The minimum absolute atomic E-state index is 0.00164. The molecule has 1 heterocycles. The Morgan fingerprint density at radius 2 is 0.793 bits per heavy atom. The molecule has 1 heteroatoms. The Morgan fingerprint density at radius 3 is 1.26 bits per heavy atom. The van der Waals surface area contributed by atoms with Gasteiger partial charge in [0.15, 0.2) is 0 Å². The van der Waals surface area contributed by atoms with Crippen LogP contribution in [0.25, 0.3) is 49.7 Å². The normalized spacial score (nSPS) is 14.1. The number of hydrogen-bond acceptors (Lipinski definition) is 0. The quantitative estimate of drug-likeness (QED) is 0.169. The second-order valence-corrected chi connectivity index (χ2v) is 22.4. The van der Waals surface area contributed by atoms with Gasteiger partial charge in [-0.1, -0.05) is 195 Å². The van der Waals surface area contributed by atoms with Gasteiger partial charge in [0.25, 0.3) is 0 Å². The molecule has 0 saturated heterocycles. The van der Waals surface area contributed by atoms with Gasteiger partial charge in [-0.25, -0.2) is 0 Å². The van der Waals surface area contributed by atoms with E-state index in [1.807, 2.05) is 0 Å². The predicted octanol–water partition coefficient (Wildman–Crippen LogP) is 16.1. The third kappa shape index (κ3) is 6.73. The van der Waals surface area contributed by atoms with Crippen molar-refractivity contribution < 1.29 is 0 Å². The van der Waals surface area contributed by atoms with Crippen molar-refractivity contribution >= 4 is 21.8 Å². The lowest BCUT2D eigenvalue weighted by Gasteiger charge is -2.29. The summed E-state index contributed by atoms with van der Waals surface area (Å²) in [7, 11) is 0. The van der Waals surface area contributed by atoms with Gasteiger partial charge in [-0.2, -0.15) is 0 Å². The van der Waals surface area contributed by atoms with E-state index >= 15 is 0 Å². The van der Waals surface area contributed by atoms with E-state index in [4.69, 9.17) is 0 Å². The monoisotopic (exact) mass is 764 g/mol. The van der Waals surface area contributed by atoms with Crippen LogP contribution in [0.4, 0.5) is 0 Å². The molecule has 0 amide bonds. The smallest absolute Gasteiger partial charge is 0.0547 e. The van der Waals surface area contributed by atoms with Gasteiger partial charge in [-0.3, -0.25) is 0 Å². The van der Waals surface area contributed by atoms with Crippen LogP contribution in [0.1, 0.15) is 154 Å². The van der Waals surface area contributed by atoms with E-state index in [0.29, 0.717) is 0 Å². The predicted molar refractivity (Wildman–Crippen MR) is 253 cm³/mol. The van der Waals surface area contributed by atoms with Crippen molar-refractivity contribution in [3.63, 3.8) is 0 Å². The molecule has 1 aromatic heterocycles. The molecule has 0 radical (unpaired) electrons. The lowest BCUT2D eigenvalue weighted by atomic mass is 9.75. The first-order valence-electron chi connectivity index (χ1n) is 21.6. The molecule has 0 N–H and O–H groups in total. The van der Waals surface area contributed by atoms with Crippen LogP contribution >= 0.6 is 0 Å². The number of aromatic nitrogens is 1. The molecule has 58 heavy (non-hydrogen) atoms. The van der Waals surface area contributed by atoms with E-state index < -0.39 is 0 Å². The topological polar surface area (TPSA) is 4.93 Å². The number of rotatable bonds is 3. The van der Waals surface area contributed by atoms with Gasteiger partial charge in [0.1, 0.15) is 0 Å². The molecule has 298 valence electrons. The molecule has 6 aromatic carbocycles. The van der Waals surface area contributed by atoms with E-state index in [1.54, 1.807) is 0 Å². The van der Waals surface area contributed by atoms with Gasteiger partial charge in [0.05, 0.1) is 11.0 Å². The van der Waals surface area contributed by atoms with Crippen LogP contribution in [-0.4, -0.2) is 4.57 Å². The van der Waals surface area contributed by atoms with Gasteiger partial charge < -0.3 is 4.57 Å². The van der Waals surface area contributed by atoms with Crippen LogP contribution < -0.4 is 0 Å². The molecular formula is C57H65N. The number of benzene rings is 6. The maximum absolute atomic E-state index is 2.60. The van der Waals surface area contributed by atoms with Gasteiger partial charge >= 0.3 is 0 Å². The molecular weight excluding hydrogens is 699 g/mol. The van der Waals surface area contributed by atoms with Crippen LogP contribution in [0.5, 0.6) is 0 Å². The molecule has 0 fully saturated rings. The Hall–Kier alpha value is -4.88. The van der Waals surface area contributed by atoms with Crippen LogP contribution in [-0.2, 0) is 27.1 Å². The van der Waals surface area contributed by atoms with E-state index in [9.17, 15) is 0 Å². The summed E-state index contributed by atoms with van der Waals surface area (Å²) in [5.74, 6) is 0.144. The van der Waals surface area contributed by atoms with E-state index in [-0.39, 0.29) is 33.0 Å². The molecule has 8 rings (SSSR count). The summed E-state index contributed by atoms with van der Waals surface area (Å²) < 4.78 is 2.60. The van der Waals surface area contributed by atoms with Crippen LogP contribution in [0.3, 0.4) is 0 Å². The van der Waals surface area contributed by atoms with Crippen molar-refractivity contribution in [2.45, 2.75) is 137 Å². The fraction of sp³-hybridized carbons (Fsp3) is 0.368. The van der Waals surface area contributed by atoms with E-state index in [2.05, 4.69) is 224 Å². The molecule has 1 nitrogen and oxygen atoms in total. The number of nitrogens with zero attached hydrogens (tertiary/aromatic N) is 1. The summed E-state index contributed by atoms with van der Waals surface area (Å²) in [4.78, 5) is 0. The first kappa shape index (κ1) is 39.9. The molecule has 0 aliphatic heterocycles. The molecule has 0 unspecified atom stereocenters. The third-order valence-electron chi connectivity index (χ3n) is 12.8. The van der Waals surface area contributed by atoms with E-state index in [1.165, 1.54) is 94.3 Å². The largest absolute Gasteiger partial charge is 0.309 e. The highest BCUT2D eigenvalue weighted by Crippen LogP contribution is 2.53. The molecule has 0 bridgehead atoms. The first-order chi connectivity index (χ1) is 26.9. The van der Waals surface area contributed by atoms with E-state index in [0.717, 1.165) is 0 Å². The zero-order chi connectivity index (χ0) is 41.9. The maximum Gasteiger partial charge on any atom is 0.0547 e. The minimum atomic E-state index is -0.165. The highest BCUT2D eigenvalue weighted by Gasteiger charge is 2.36. The van der Waals surface area contributed by atoms with Gasteiger partial charge in [-0.15, -0.1) is 0 Å². The lowest BCUT2D eigenvalue weighted by molar-refractivity contribution is 0.567. The lowest BCUT2D eigenvalue weighted by Crippen LogP contribution is -2.18. The van der Waals surface area contributed by atoms with Gasteiger partial charge in [0, 0.05) is 22.4 Å². The number of fused-ring (bicyclic) bond motifs is 6. The average molecular weight is 764 g/mol. The summed E-state index contributed by atoms with van der Waals surface area (Å²) in [5.41, 5.74) is 20.0. The van der Waals surface area contributed by atoms with Crippen LogP contribution in [0.15, 0.2) is 115 Å². The Kier molecular flexibility index (Phi) is 9.17. The molecule has 7 aromatic rings. The van der Waals surface area contributed by atoms with Crippen LogP contribution in [0.2, 0.25) is 0 Å². The summed E-state index contributed by atoms with van der Waals surface area (Å²) >= 11 is 0. The Labute approximate surface area is 349 Å². The second kappa shape index (κ2) is 13.3. The fourth-order valence-corrected chi connectivity index (χ4v) is 9.48. The third-order valence-corrected chi connectivity index (χ3v) is 12.8. The second-order valence-electron chi connectivity index (χ2n) is 22.4. The maximum atomic E-state index is 2.60. The Bertz CT molecular complexity index is 2620. The van der Waals surface area contributed by atoms with Crippen molar-refractivity contribution in [1.82, 2.24) is 4.57 Å². The zero-order valence-corrected chi connectivity index (χ0v) is 38.0. The summed E-state index contributed by atoms with van der Waals surface area (Å²) in [6.07, 6.45) is 0. The Morgan fingerprint density at radius 1 is 0.362 bits per heavy atom. The Balaban J connectivity index is 1.58. The molecule has 0 saturated carbocycles. The van der Waals surface area contributed by atoms with Crippen LogP contribution in [0, 0.1) is 0 Å². The molecule has 1 aliphatic rings. The summed E-state index contributed by atoms with van der Waals surface area (Å²) in [6.45, 7) is 35.5. The first-order valence-corrected chi connectivity index (χ1v) is 21.6. The van der Waals surface area contributed by atoms with Gasteiger partial charge in [0.2, 0.25) is 0 Å². The van der Waals surface area contributed by atoms with Crippen molar-refractivity contribution in [2.24, 2.45) is 0 Å². The highest BCUT2D eigenvalue weighted by molar-refractivity contribution is 6.18. The fourth-order valence-electron chi connectivity index (χ4n) is 9.48. The van der Waals surface area contributed by atoms with Crippen molar-refractivity contribution in [1.29, 1.82) is 0 Å². The number of hydrogen-bond donors (Lipinski definition) is 0. The average Bonchev–Trinajstić information content (AvgIpc) is 3.65. The summed E-state index contributed by atoms with van der Waals surface area (Å²) in [6, 6.07) is 45.0. The minimum Gasteiger partial charge on any atom is -0.309 e. The standard InChI is InChI=1S/C57H65N/c1-53(2,3)36-29-35(30-37(31-36)54(4,5)6)41-25-20-26-47-50(41)51-48(58(47)40-33-38(55(7,8)9)32-39(34-40)56(10,11)12)28-27-46(52(51)57(13,14)15)49-44-23-18-16-21-42(44)43-22-17-19-24-45(43)49/h16-34,49H,1-15H3. The zero-order valence-electron chi connectivity index (χ0n) is 38.0. The van der Waals surface area contributed by atoms with Crippen molar-refractivity contribution in [3.05, 3.63) is 160 Å². The molecule has 0 atom stereocenters. The highest BCUT2D eigenvalue weighted by atomic mass is 15.0. The molecule has 0 spiro atoms. The van der Waals surface area contributed by atoms with Gasteiger partial charge in [-0.05, 0) is 118 Å². The molecule has 1 aliphatic carbocycles. The van der Waals surface area contributed by atoms with Crippen molar-refractivity contribution in [3.8, 4) is 27.9 Å².